The normalized spacial score (nSPS) is 36.7. The maximum Gasteiger partial charge on any atom is -0.00444 e. The first-order chi connectivity index (χ1) is 8.81. The summed E-state index contributed by atoms with van der Waals surface area (Å²) in [6, 6.07) is 11.3. The highest BCUT2D eigenvalue weighted by molar-refractivity contribution is 5.26. The Balaban J connectivity index is 1.95. The molecule has 2 fully saturated rings. The summed E-state index contributed by atoms with van der Waals surface area (Å²) in [6.07, 6.45) is 11.7. The summed E-state index contributed by atoms with van der Waals surface area (Å²) in [7, 11) is 0. The molecule has 1 aromatic carbocycles. The molecule has 0 aromatic heterocycles. The first kappa shape index (κ1) is 12.3. The molecule has 2 aliphatic rings. The highest BCUT2D eigenvalue weighted by Crippen LogP contribution is 2.51. The SMILES string of the molecule is CC1(c2ccccc2)CCCCCC2CCCC21. The summed E-state index contributed by atoms with van der Waals surface area (Å²) in [5.74, 6) is 1.95. The molecule has 0 heteroatoms. The molecule has 2 aliphatic carbocycles. The Kier molecular flexibility index (Phi) is 3.46. The lowest BCUT2D eigenvalue weighted by Gasteiger charge is -2.41. The van der Waals surface area contributed by atoms with Gasteiger partial charge in [-0.2, -0.15) is 0 Å². The molecule has 98 valence electrons. The number of benzene rings is 1. The molecule has 0 saturated heterocycles. The van der Waals surface area contributed by atoms with Crippen LogP contribution in [0.4, 0.5) is 0 Å². The quantitative estimate of drug-likeness (QED) is 0.625. The van der Waals surface area contributed by atoms with Crippen LogP contribution in [0.2, 0.25) is 0 Å². The van der Waals surface area contributed by atoms with Crippen LogP contribution in [0.3, 0.4) is 0 Å². The molecule has 0 nitrogen and oxygen atoms in total. The second-order valence-electron chi connectivity index (χ2n) is 6.68. The van der Waals surface area contributed by atoms with Crippen molar-refractivity contribution in [2.75, 3.05) is 0 Å². The lowest BCUT2D eigenvalue weighted by atomic mass is 9.63. The smallest absolute Gasteiger partial charge is 0.00444 e. The van der Waals surface area contributed by atoms with Crippen molar-refractivity contribution in [3.05, 3.63) is 35.9 Å². The zero-order chi connectivity index (χ0) is 12.4. The molecule has 0 bridgehead atoms. The molecular formula is C18H26. The van der Waals surface area contributed by atoms with Gasteiger partial charge < -0.3 is 0 Å². The molecular weight excluding hydrogens is 216 g/mol. The largest absolute Gasteiger partial charge is 0.0622 e. The number of rotatable bonds is 1. The van der Waals surface area contributed by atoms with E-state index < -0.39 is 0 Å². The second kappa shape index (κ2) is 5.07. The third-order valence-corrected chi connectivity index (χ3v) is 5.68. The van der Waals surface area contributed by atoms with Crippen molar-refractivity contribution >= 4 is 0 Å². The van der Waals surface area contributed by atoms with E-state index in [9.17, 15) is 0 Å². The molecule has 0 spiro atoms. The number of hydrogen-bond acceptors (Lipinski definition) is 0. The lowest BCUT2D eigenvalue weighted by molar-refractivity contribution is 0.182. The van der Waals surface area contributed by atoms with Gasteiger partial charge in [0.15, 0.2) is 0 Å². The Morgan fingerprint density at radius 3 is 2.50 bits per heavy atom. The molecule has 3 atom stereocenters. The van der Waals surface area contributed by atoms with Crippen LogP contribution in [0, 0.1) is 11.8 Å². The standard InChI is InChI=1S/C18H26/c1-18(16-11-5-2-6-12-16)14-7-3-4-9-15-10-8-13-17(15)18/h2,5-6,11-12,15,17H,3-4,7-10,13-14H2,1H3. The molecule has 3 rings (SSSR count). The van der Waals surface area contributed by atoms with Gasteiger partial charge in [0, 0.05) is 0 Å². The lowest BCUT2D eigenvalue weighted by Crippen LogP contribution is -2.35. The van der Waals surface area contributed by atoms with Crippen LogP contribution >= 0.6 is 0 Å². The van der Waals surface area contributed by atoms with Crippen LogP contribution in [-0.2, 0) is 5.41 Å². The molecule has 0 N–H and O–H groups in total. The van der Waals surface area contributed by atoms with E-state index in [1.165, 1.54) is 51.4 Å². The van der Waals surface area contributed by atoms with Gasteiger partial charge in [-0.1, -0.05) is 75.8 Å². The van der Waals surface area contributed by atoms with Crippen molar-refractivity contribution in [3.63, 3.8) is 0 Å². The van der Waals surface area contributed by atoms with E-state index in [2.05, 4.69) is 37.3 Å². The van der Waals surface area contributed by atoms with E-state index in [4.69, 9.17) is 0 Å². The number of hydrogen-bond donors (Lipinski definition) is 0. The van der Waals surface area contributed by atoms with Gasteiger partial charge in [-0.3, -0.25) is 0 Å². The average Bonchev–Trinajstić information content (AvgIpc) is 2.85. The maximum atomic E-state index is 2.55. The van der Waals surface area contributed by atoms with E-state index in [-0.39, 0.29) is 0 Å². The van der Waals surface area contributed by atoms with E-state index in [1.54, 1.807) is 5.56 Å². The Labute approximate surface area is 112 Å². The Bertz CT molecular complexity index is 380. The summed E-state index contributed by atoms with van der Waals surface area (Å²) in [5, 5.41) is 0. The van der Waals surface area contributed by atoms with Crippen molar-refractivity contribution in [1.29, 1.82) is 0 Å². The topological polar surface area (TPSA) is 0 Å². The predicted molar refractivity (Wildman–Crippen MR) is 77.7 cm³/mol. The van der Waals surface area contributed by atoms with E-state index in [0.29, 0.717) is 5.41 Å². The fourth-order valence-corrected chi connectivity index (χ4v) is 4.66. The summed E-state index contributed by atoms with van der Waals surface area (Å²) >= 11 is 0. The molecule has 18 heavy (non-hydrogen) atoms. The molecule has 1 aromatic rings. The van der Waals surface area contributed by atoms with Crippen molar-refractivity contribution in [2.24, 2.45) is 11.8 Å². The first-order valence-corrected chi connectivity index (χ1v) is 7.86. The Morgan fingerprint density at radius 2 is 1.67 bits per heavy atom. The van der Waals surface area contributed by atoms with E-state index in [1.807, 2.05) is 0 Å². The van der Waals surface area contributed by atoms with Crippen molar-refractivity contribution in [3.8, 4) is 0 Å². The highest BCUT2D eigenvalue weighted by Gasteiger charge is 2.42. The molecule has 0 heterocycles. The Hall–Kier alpha value is -0.780. The van der Waals surface area contributed by atoms with Gasteiger partial charge in [-0.25, -0.2) is 0 Å². The minimum absolute atomic E-state index is 0.447. The zero-order valence-electron chi connectivity index (χ0n) is 11.7. The first-order valence-electron chi connectivity index (χ1n) is 7.86. The van der Waals surface area contributed by atoms with Crippen molar-refractivity contribution in [2.45, 2.75) is 63.7 Å². The fraction of sp³-hybridized carbons (Fsp3) is 0.667. The molecule has 0 aliphatic heterocycles. The fourth-order valence-electron chi connectivity index (χ4n) is 4.66. The van der Waals surface area contributed by atoms with Crippen LogP contribution in [0.25, 0.3) is 0 Å². The predicted octanol–water partition coefficient (Wildman–Crippen LogP) is 5.32. The molecule has 0 radical (unpaired) electrons. The third kappa shape index (κ3) is 2.11. The Morgan fingerprint density at radius 1 is 0.889 bits per heavy atom. The van der Waals surface area contributed by atoms with Gasteiger partial charge in [0.2, 0.25) is 0 Å². The van der Waals surface area contributed by atoms with Crippen LogP contribution in [0.15, 0.2) is 30.3 Å². The van der Waals surface area contributed by atoms with Crippen LogP contribution in [0.5, 0.6) is 0 Å². The highest BCUT2D eigenvalue weighted by atomic mass is 14.5. The zero-order valence-corrected chi connectivity index (χ0v) is 11.7. The molecule has 3 unspecified atom stereocenters. The van der Waals surface area contributed by atoms with Gasteiger partial charge >= 0.3 is 0 Å². The monoisotopic (exact) mass is 242 g/mol. The molecule has 0 amide bonds. The number of fused-ring (bicyclic) bond motifs is 1. The van der Waals surface area contributed by atoms with E-state index >= 15 is 0 Å². The summed E-state index contributed by atoms with van der Waals surface area (Å²) < 4.78 is 0. The second-order valence-corrected chi connectivity index (χ2v) is 6.68. The van der Waals surface area contributed by atoms with Gasteiger partial charge in [-0.05, 0) is 35.7 Å². The van der Waals surface area contributed by atoms with Gasteiger partial charge in [-0.15, -0.1) is 0 Å². The summed E-state index contributed by atoms with van der Waals surface area (Å²) in [4.78, 5) is 0. The maximum absolute atomic E-state index is 2.55. The minimum atomic E-state index is 0.447. The summed E-state index contributed by atoms with van der Waals surface area (Å²) in [5.41, 5.74) is 2.05. The van der Waals surface area contributed by atoms with Crippen LogP contribution < -0.4 is 0 Å². The van der Waals surface area contributed by atoms with E-state index in [0.717, 1.165) is 11.8 Å². The summed E-state index contributed by atoms with van der Waals surface area (Å²) in [6.45, 7) is 2.55. The van der Waals surface area contributed by atoms with Crippen molar-refractivity contribution in [1.82, 2.24) is 0 Å². The van der Waals surface area contributed by atoms with Crippen LogP contribution in [-0.4, -0.2) is 0 Å². The van der Waals surface area contributed by atoms with Gasteiger partial charge in [0.25, 0.3) is 0 Å². The average molecular weight is 242 g/mol. The van der Waals surface area contributed by atoms with Gasteiger partial charge in [0.1, 0.15) is 0 Å². The third-order valence-electron chi connectivity index (χ3n) is 5.68. The van der Waals surface area contributed by atoms with Gasteiger partial charge in [0.05, 0.1) is 0 Å². The van der Waals surface area contributed by atoms with Crippen molar-refractivity contribution < 1.29 is 0 Å². The molecule has 2 saturated carbocycles. The minimum Gasteiger partial charge on any atom is -0.0622 e. The van der Waals surface area contributed by atoms with Crippen LogP contribution in [0.1, 0.15) is 63.9 Å².